The Morgan fingerprint density at radius 1 is 0.900 bits per heavy atom. The van der Waals surface area contributed by atoms with Crippen molar-refractivity contribution in [3.63, 3.8) is 0 Å². The van der Waals surface area contributed by atoms with E-state index in [2.05, 4.69) is 51.3 Å². The lowest BCUT2D eigenvalue weighted by Gasteiger charge is -2.35. The average molecular weight is 282 g/mol. The van der Waals surface area contributed by atoms with Gasteiger partial charge >= 0.3 is 0 Å². The molecule has 118 valence electrons. The van der Waals surface area contributed by atoms with Crippen LogP contribution in [0, 0.1) is 5.41 Å². The largest absolute Gasteiger partial charge is 0.375 e. The second-order valence-electron chi connectivity index (χ2n) is 8.80. The third kappa shape index (κ3) is 4.71. The van der Waals surface area contributed by atoms with E-state index in [-0.39, 0.29) is 5.60 Å². The molecule has 2 bridgehead atoms. The van der Waals surface area contributed by atoms with Crippen molar-refractivity contribution >= 4 is 0 Å². The van der Waals surface area contributed by atoms with Crippen molar-refractivity contribution in [2.75, 3.05) is 32.8 Å². The predicted molar refractivity (Wildman–Crippen MR) is 85.1 cm³/mol. The van der Waals surface area contributed by atoms with Crippen LogP contribution in [0.2, 0.25) is 0 Å². The van der Waals surface area contributed by atoms with Gasteiger partial charge < -0.3 is 4.74 Å². The third-order valence-electron chi connectivity index (χ3n) is 4.53. The first-order valence-electron chi connectivity index (χ1n) is 8.26. The summed E-state index contributed by atoms with van der Waals surface area (Å²) in [4.78, 5) is 5.36. The maximum absolute atomic E-state index is 5.86. The Morgan fingerprint density at radius 3 is 1.90 bits per heavy atom. The number of hydrogen-bond donors (Lipinski definition) is 0. The Balaban J connectivity index is 1.69. The summed E-state index contributed by atoms with van der Waals surface area (Å²) >= 11 is 0. The van der Waals surface area contributed by atoms with Crippen LogP contribution in [0.4, 0.5) is 0 Å². The van der Waals surface area contributed by atoms with Crippen LogP contribution >= 0.6 is 0 Å². The summed E-state index contributed by atoms with van der Waals surface area (Å²) in [5.74, 6) is 0. The molecule has 2 saturated heterocycles. The summed E-state index contributed by atoms with van der Waals surface area (Å²) in [5.41, 5.74) is 0.458. The highest BCUT2D eigenvalue weighted by Crippen LogP contribution is 2.32. The van der Waals surface area contributed by atoms with Crippen LogP contribution in [0.15, 0.2) is 0 Å². The lowest BCUT2D eigenvalue weighted by atomic mass is 9.92. The molecule has 0 aromatic carbocycles. The van der Waals surface area contributed by atoms with E-state index < -0.39 is 0 Å². The highest BCUT2D eigenvalue weighted by atomic mass is 16.5. The predicted octanol–water partition coefficient (Wildman–Crippen LogP) is 3.00. The molecular weight excluding hydrogens is 248 g/mol. The molecule has 2 fully saturated rings. The minimum atomic E-state index is -0.00250. The molecule has 0 aromatic heterocycles. The van der Waals surface area contributed by atoms with Crippen LogP contribution in [0.1, 0.15) is 54.4 Å². The van der Waals surface area contributed by atoms with E-state index in [4.69, 9.17) is 4.74 Å². The number of hydrogen-bond acceptors (Lipinski definition) is 3. The molecule has 2 aliphatic heterocycles. The van der Waals surface area contributed by atoms with E-state index >= 15 is 0 Å². The van der Waals surface area contributed by atoms with Gasteiger partial charge in [0.2, 0.25) is 0 Å². The van der Waals surface area contributed by atoms with E-state index in [1.807, 2.05) is 0 Å². The second-order valence-corrected chi connectivity index (χ2v) is 8.80. The summed E-state index contributed by atoms with van der Waals surface area (Å²) in [6, 6.07) is 1.58. The number of ether oxygens (including phenoxy) is 1. The van der Waals surface area contributed by atoms with Crippen molar-refractivity contribution in [2.24, 2.45) is 5.41 Å². The highest BCUT2D eigenvalue weighted by Gasteiger charge is 2.42. The summed E-state index contributed by atoms with van der Waals surface area (Å²) in [7, 11) is 0. The van der Waals surface area contributed by atoms with Gasteiger partial charge in [0.25, 0.3) is 0 Å². The topological polar surface area (TPSA) is 15.7 Å². The van der Waals surface area contributed by atoms with Gasteiger partial charge in [0.15, 0.2) is 0 Å². The van der Waals surface area contributed by atoms with Crippen molar-refractivity contribution in [3.8, 4) is 0 Å². The fourth-order valence-electron chi connectivity index (χ4n) is 3.33. The van der Waals surface area contributed by atoms with E-state index in [1.54, 1.807) is 0 Å². The fourth-order valence-corrected chi connectivity index (χ4v) is 3.33. The monoisotopic (exact) mass is 282 g/mol. The lowest BCUT2D eigenvalue weighted by Crippen LogP contribution is -2.48. The Hall–Kier alpha value is -0.120. The van der Waals surface area contributed by atoms with E-state index in [0.717, 1.165) is 25.2 Å². The van der Waals surface area contributed by atoms with Crippen molar-refractivity contribution in [1.82, 2.24) is 9.80 Å². The maximum atomic E-state index is 5.86. The molecule has 0 saturated carbocycles. The molecule has 0 radical (unpaired) electrons. The normalized spacial score (nSPS) is 28.5. The summed E-state index contributed by atoms with van der Waals surface area (Å²) in [6.45, 7) is 19.2. The molecule has 2 rings (SSSR count). The van der Waals surface area contributed by atoms with Gasteiger partial charge in [0.05, 0.1) is 12.2 Å². The highest BCUT2D eigenvalue weighted by molar-refractivity contribution is 4.99. The van der Waals surface area contributed by atoms with Gasteiger partial charge in [-0.15, -0.1) is 0 Å². The molecule has 2 aliphatic rings. The molecule has 0 aliphatic carbocycles. The van der Waals surface area contributed by atoms with Crippen molar-refractivity contribution in [3.05, 3.63) is 0 Å². The molecular formula is C17H34N2O. The Kier molecular flexibility index (Phi) is 4.83. The van der Waals surface area contributed by atoms with Gasteiger partial charge in [-0.2, -0.15) is 0 Å². The van der Waals surface area contributed by atoms with Crippen LogP contribution in [0.25, 0.3) is 0 Å². The number of likely N-dealkylation sites (tertiary alicyclic amines) is 2. The molecule has 0 N–H and O–H groups in total. The molecule has 0 spiro atoms. The quantitative estimate of drug-likeness (QED) is 0.771. The first kappa shape index (κ1) is 16.3. The Bertz CT molecular complexity index is 316. The van der Waals surface area contributed by atoms with E-state index in [0.29, 0.717) is 5.41 Å². The zero-order chi connectivity index (χ0) is 15.0. The summed E-state index contributed by atoms with van der Waals surface area (Å²) in [5, 5.41) is 0. The maximum Gasteiger partial charge on any atom is 0.0600 e. The van der Waals surface area contributed by atoms with Crippen LogP contribution in [-0.4, -0.2) is 60.3 Å². The lowest BCUT2D eigenvalue weighted by molar-refractivity contribution is -0.0190. The van der Waals surface area contributed by atoms with Crippen molar-refractivity contribution in [1.29, 1.82) is 0 Å². The number of piperazine rings is 1. The van der Waals surface area contributed by atoms with Gasteiger partial charge in [-0.1, -0.05) is 20.8 Å². The van der Waals surface area contributed by atoms with Crippen LogP contribution in [-0.2, 0) is 4.74 Å². The van der Waals surface area contributed by atoms with Crippen LogP contribution < -0.4 is 0 Å². The van der Waals surface area contributed by atoms with Crippen LogP contribution in [0.3, 0.4) is 0 Å². The van der Waals surface area contributed by atoms with Crippen molar-refractivity contribution in [2.45, 2.75) is 72.1 Å². The Labute approximate surface area is 125 Å². The average Bonchev–Trinajstić information content (AvgIpc) is 2.82. The zero-order valence-corrected chi connectivity index (χ0v) is 14.4. The minimum Gasteiger partial charge on any atom is -0.375 e. The molecule has 20 heavy (non-hydrogen) atoms. The van der Waals surface area contributed by atoms with Gasteiger partial charge in [0, 0.05) is 31.7 Å². The summed E-state index contributed by atoms with van der Waals surface area (Å²) in [6.07, 6.45) is 2.68. The summed E-state index contributed by atoms with van der Waals surface area (Å²) < 4.78 is 5.86. The molecule has 0 aromatic rings. The van der Waals surface area contributed by atoms with E-state index in [9.17, 15) is 0 Å². The minimum absolute atomic E-state index is 0.00250. The molecule has 2 heterocycles. The first-order valence-corrected chi connectivity index (χ1v) is 8.26. The standard InChI is InChI=1S/C17H34N2O/c1-16(2,3)7-8-18-12-15-11-14(18)13-19(15)9-10-20-17(4,5)6/h14-15H,7-13H2,1-6H3/t14-,15-/m0/s1. The molecule has 0 amide bonds. The fraction of sp³-hybridized carbons (Fsp3) is 1.00. The number of fused-ring (bicyclic) bond motifs is 2. The van der Waals surface area contributed by atoms with Crippen molar-refractivity contribution < 1.29 is 4.74 Å². The number of nitrogens with zero attached hydrogens (tertiary/aromatic N) is 2. The van der Waals surface area contributed by atoms with Gasteiger partial charge in [-0.25, -0.2) is 0 Å². The van der Waals surface area contributed by atoms with Gasteiger partial charge in [0.1, 0.15) is 0 Å². The molecule has 0 unspecified atom stereocenters. The first-order chi connectivity index (χ1) is 9.14. The van der Waals surface area contributed by atoms with Gasteiger partial charge in [-0.3, -0.25) is 9.80 Å². The van der Waals surface area contributed by atoms with Gasteiger partial charge in [-0.05, 0) is 45.6 Å². The van der Waals surface area contributed by atoms with E-state index in [1.165, 1.54) is 32.5 Å². The SMILES string of the molecule is CC(C)(C)CCN1C[C@@H]2C[C@H]1CN2CCOC(C)(C)C. The third-order valence-corrected chi connectivity index (χ3v) is 4.53. The molecule has 3 heteroatoms. The Morgan fingerprint density at radius 2 is 1.45 bits per heavy atom. The number of rotatable bonds is 5. The zero-order valence-electron chi connectivity index (χ0n) is 14.4. The van der Waals surface area contributed by atoms with Crippen LogP contribution in [0.5, 0.6) is 0 Å². The second kappa shape index (κ2) is 5.94. The molecule has 3 nitrogen and oxygen atoms in total. The molecule has 2 atom stereocenters. The smallest absolute Gasteiger partial charge is 0.0600 e.